The number of carbonyl (C=O) groups excluding carboxylic acids is 2. The molecule has 0 aliphatic carbocycles. The van der Waals surface area contributed by atoms with Gasteiger partial charge in [-0.25, -0.2) is 0 Å². The molecule has 114 valence electrons. The third-order valence-electron chi connectivity index (χ3n) is 2.95. The smallest absolute Gasteiger partial charge is 0.224 e. The van der Waals surface area contributed by atoms with Crippen molar-refractivity contribution in [3.8, 4) is 0 Å². The maximum Gasteiger partial charge on any atom is 0.224 e. The lowest BCUT2D eigenvalue weighted by Crippen LogP contribution is -2.13. The molecule has 2 aromatic rings. The molecule has 0 aliphatic heterocycles. The van der Waals surface area contributed by atoms with Gasteiger partial charge in [0.15, 0.2) is 5.78 Å². The average Bonchev–Trinajstić information content (AvgIpc) is 2.49. The van der Waals surface area contributed by atoms with E-state index in [1.165, 1.54) is 0 Å². The van der Waals surface area contributed by atoms with E-state index in [-0.39, 0.29) is 24.5 Å². The quantitative estimate of drug-likeness (QED) is 0.744. The van der Waals surface area contributed by atoms with E-state index >= 15 is 0 Å². The van der Waals surface area contributed by atoms with Crippen molar-refractivity contribution in [2.45, 2.75) is 12.8 Å². The highest BCUT2D eigenvalue weighted by atomic mass is 35.5. The lowest BCUT2D eigenvalue weighted by molar-refractivity contribution is -0.116. The van der Waals surface area contributed by atoms with Gasteiger partial charge in [-0.05, 0) is 42.5 Å². The van der Waals surface area contributed by atoms with Gasteiger partial charge >= 0.3 is 0 Å². The highest BCUT2D eigenvalue weighted by Crippen LogP contribution is 2.25. The van der Waals surface area contributed by atoms with E-state index < -0.39 is 0 Å². The summed E-state index contributed by atoms with van der Waals surface area (Å²) >= 11 is 17.4. The van der Waals surface area contributed by atoms with Crippen LogP contribution in [0.25, 0.3) is 0 Å². The Morgan fingerprint density at radius 2 is 1.55 bits per heavy atom. The van der Waals surface area contributed by atoms with Crippen LogP contribution in [-0.2, 0) is 4.79 Å². The molecule has 0 fully saturated rings. The Kier molecular flexibility index (Phi) is 5.83. The van der Waals surface area contributed by atoms with Crippen molar-refractivity contribution in [3.05, 3.63) is 63.1 Å². The molecule has 0 atom stereocenters. The first-order chi connectivity index (χ1) is 10.5. The number of Topliss-reactive ketones (excluding diaryl/α,β-unsaturated/α-hetero) is 1. The molecular formula is C16H12Cl3NO2. The second kappa shape index (κ2) is 7.63. The normalized spacial score (nSPS) is 10.3. The number of rotatable bonds is 5. The van der Waals surface area contributed by atoms with Crippen LogP contribution in [0.2, 0.25) is 15.1 Å². The molecule has 0 saturated heterocycles. The van der Waals surface area contributed by atoms with Crippen LogP contribution >= 0.6 is 34.8 Å². The summed E-state index contributed by atoms with van der Waals surface area (Å²) in [6.45, 7) is 0. The zero-order valence-electron chi connectivity index (χ0n) is 11.4. The highest BCUT2D eigenvalue weighted by molar-refractivity contribution is 6.42. The molecule has 0 unspecified atom stereocenters. The Balaban J connectivity index is 1.88. The molecule has 22 heavy (non-hydrogen) atoms. The second-order valence-electron chi connectivity index (χ2n) is 4.61. The monoisotopic (exact) mass is 355 g/mol. The highest BCUT2D eigenvalue weighted by Gasteiger charge is 2.10. The lowest BCUT2D eigenvalue weighted by atomic mass is 10.1. The van der Waals surface area contributed by atoms with Gasteiger partial charge in [0.2, 0.25) is 5.91 Å². The third kappa shape index (κ3) is 4.73. The molecule has 0 heterocycles. The first-order valence-corrected chi connectivity index (χ1v) is 7.63. The maximum absolute atomic E-state index is 11.9. The molecule has 3 nitrogen and oxygen atoms in total. The van der Waals surface area contributed by atoms with Crippen molar-refractivity contribution in [3.63, 3.8) is 0 Å². The molecule has 0 bridgehead atoms. The molecule has 1 N–H and O–H groups in total. The maximum atomic E-state index is 11.9. The number of ketones is 1. The molecule has 0 spiro atoms. The summed E-state index contributed by atoms with van der Waals surface area (Å²) < 4.78 is 0. The Labute approximate surface area is 143 Å². The molecule has 0 aromatic heterocycles. The Hall–Kier alpha value is -1.55. The minimum Gasteiger partial charge on any atom is -0.326 e. The van der Waals surface area contributed by atoms with Crippen molar-refractivity contribution in [1.82, 2.24) is 0 Å². The van der Waals surface area contributed by atoms with E-state index in [0.717, 1.165) is 0 Å². The number of amides is 1. The summed E-state index contributed by atoms with van der Waals surface area (Å²) in [7, 11) is 0. The van der Waals surface area contributed by atoms with E-state index in [2.05, 4.69) is 5.32 Å². The van der Waals surface area contributed by atoms with Gasteiger partial charge in [0, 0.05) is 29.1 Å². The Bertz CT molecular complexity index is 699. The summed E-state index contributed by atoms with van der Waals surface area (Å²) in [5.74, 6) is -0.373. The van der Waals surface area contributed by atoms with Crippen LogP contribution in [0, 0.1) is 0 Å². The van der Waals surface area contributed by atoms with Crippen LogP contribution in [-0.4, -0.2) is 11.7 Å². The van der Waals surface area contributed by atoms with E-state index in [9.17, 15) is 9.59 Å². The zero-order chi connectivity index (χ0) is 16.1. The van der Waals surface area contributed by atoms with Crippen LogP contribution in [0.3, 0.4) is 0 Å². The number of nitrogens with one attached hydrogen (secondary N) is 1. The first-order valence-electron chi connectivity index (χ1n) is 6.49. The average molecular weight is 357 g/mol. The van der Waals surface area contributed by atoms with E-state index in [4.69, 9.17) is 34.8 Å². The van der Waals surface area contributed by atoms with Crippen LogP contribution < -0.4 is 5.32 Å². The molecule has 0 aliphatic rings. The summed E-state index contributed by atoms with van der Waals surface area (Å²) in [6.07, 6.45) is 0.205. The van der Waals surface area contributed by atoms with E-state index in [0.29, 0.717) is 26.3 Å². The standard InChI is InChI=1S/C16H12Cl3NO2/c17-11-3-1-10(2-4-11)15(21)7-8-16(22)20-12-5-6-13(18)14(19)9-12/h1-6,9H,7-8H2,(H,20,22). The molecule has 1 amide bonds. The Morgan fingerprint density at radius 3 is 2.18 bits per heavy atom. The number of hydrogen-bond acceptors (Lipinski definition) is 2. The largest absolute Gasteiger partial charge is 0.326 e. The lowest BCUT2D eigenvalue weighted by Gasteiger charge is -2.06. The minimum atomic E-state index is -0.263. The van der Waals surface area contributed by atoms with Crippen molar-refractivity contribution < 1.29 is 9.59 Å². The van der Waals surface area contributed by atoms with Gasteiger partial charge < -0.3 is 5.32 Å². The summed E-state index contributed by atoms with van der Waals surface area (Å²) in [5, 5.41) is 4.01. The van der Waals surface area contributed by atoms with Gasteiger partial charge in [0.25, 0.3) is 0 Å². The predicted molar refractivity (Wildman–Crippen MR) is 90.1 cm³/mol. The van der Waals surface area contributed by atoms with Crippen LogP contribution in [0.15, 0.2) is 42.5 Å². The van der Waals surface area contributed by atoms with Gasteiger partial charge in [-0.2, -0.15) is 0 Å². The van der Waals surface area contributed by atoms with Gasteiger partial charge in [-0.1, -0.05) is 34.8 Å². The van der Waals surface area contributed by atoms with Crippen LogP contribution in [0.4, 0.5) is 5.69 Å². The number of halogens is 3. The van der Waals surface area contributed by atoms with E-state index in [1.807, 2.05) is 0 Å². The van der Waals surface area contributed by atoms with Crippen LogP contribution in [0.1, 0.15) is 23.2 Å². The molecule has 0 radical (unpaired) electrons. The SMILES string of the molecule is O=C(CCC(=O)c1ccc(Cl)cc1)Nc1ccc(Cl)c(Cl)c1. The molecule has 2 aromatic carbocycles. The number of anilines is 1. The van der Waals surface area contributed by atoms with Gasteiger partial charge in [0.05, 0.1) is 10.0 Å². The summed E-state index contributed by atoms with van der Waals surface area (Å²) in [4.78, 5) is 23.8. The molecule has 0 saturated carbocycles. The fourth-order valence-electron chi connectivity index (χ4n) is 1.80. The molecule has 2 rings (SSSR count). The molecule has 6 heteroatoms. The topological polar surface area (TPSA) is 46.2 Å². The zero-order valence-corrected chi connectivity index (χ0v) is 13.7. The Morgan fingerprint density at radius 1 is 0.864 bits per heavy atom. The van der Waals surface area contributed by atoms with Gasteiger partial charge in [0.1, 0.15) is 0 Å². The summed E-state index contributed by atoms with van der Waals surface area (Å²) in [6, 6.07) is 11.4. The predicted octanol–water partition coefficient (Wildman–Crippen LogP) is 5.25. The first kappa shape index (κ1) is 16.8. The van der Waals surface area contributed by atoms with Crippen molar-refractivity contribution >= 4 is 52.2 Å². The minimum absolute atomic E-state index is 0.0850. The fourth-order valence-corrected chi connectivity index (χ4v) is 2.23. The van der Waals surface area contributed by atoms with Crippen LogP contribution in [0.5, 0.6) is 0 Å². The number of carbonyl (C=O) groups is 2. The number of hydrogen-bond donors (Lipinski definition) is 1. The van der Waals surface area contributed by atoms with Crippen molar-refractivity contribution in [2.24, 2.45) is 0 Å². The summed E-state index contributed by atoms with van der Waals surface area (Å²) in [5.41, 5.74) is 1.07. The van der Waals surface area contributed by atoms with Gasteiger partial charge in [-0.3, -0.25) is 9.59 Å². The van der Waals surface area contributed by atoms with Gasteiger partial charge in [-0.15, -0.1) is 0 Å². The third-order valence-corrected chi connectivity index (χ3v) is 3.94. The van der Waals surface area contributed by atoms with Crippen molar-refractivity contribution in [2.75, 3.05) is 5.32 Å². The second-order valence-corrected chi connectivity index (χ2v) is 5.86. The molecular weight excluding hydrogens is 345 g/mol. The number of benzene rings is 2. The fraction of sp³-hybridized carbons (Fsp3) is 0.125. The van der Waals surface area contributed by atoms with E-state index in [1.54, 1.807) is 42.5 Å². The van der Waals surface area contributed by atoms with Crippen molar-refractivity contribution in [1.29, 1.82) is 0 Å².